The monoisotopic (exact) mass is 446 g/mol. The number of ether oxygens (including phenoxy) is 1. The predicted octanol–water partition coefficient (Wildman–Crippen LogP) is 5.18. The van der Waals surface area contributed by atoms with Crippen molar-refractivity contribution < 1.29 is 18.7 Å². The Morgan fingerprint density at radius 2 is 1.88 bits per heavy atom. The number of fused-ring (bicyclic) bond motifs is 2. The maximum absolute atomic E-state index is 13.3. The lowest BCUT2D eigenvalue weighted by Gasteiger charge is -2.22. The lowest BCUT2D eigenvalue weighted by Crippen LogP contribution is -2.31. The number of halogens is 1. The van der Waals surface area contributed by atoms with E-state index in [1.54, 1.807) is 12.1 Å². The Labute approximate surface area is 192 Å². The maximum Gasteiger partial charge on any atom is 0.339 e. The fraction of sp³-hybridized carbons (Fsp3) is 0.296. The summed E-state index contributed by atoms with van der Waals surface area (Å²) in [5.74, 6) is -0.811. The van der Waals surface area contributed by atoms with Crippen LogP contribution in [0.2, 0.25) is 0 Å². The highest BCUT2D eigenvalue weighted by molar-refractivity contribution is 6.07. The van der Waals surface area contributed by atoms with Crippen molar-refractivity contribution in [3.8, 4) is 0 Å². The molecule has 3 aromatic rings. The van der Waals surface area contributed by atoms with Crippen molar-refractivity contribution in [3.05, 3.63) is 76.7 Å². The minimum Gasteiger partial charge on any atom is -0.452 e. The third-order valence-electron chi connectivity index (χ3n) is 5.63. The molecular formula is C27H27FN2O3. The van der Waals surface area contributed by atoms with Gasteiger partial charge in [-0.15, -0.1) is 0 Å². The molecule has 33 heavy (non-hydrogen) atoms. The van der Waals surface area contributed by atoms with Gasteiger partial charge in [-0.25, -0.2) is 14.2 Å². The average Bonchev–Trinajstić information content (AvgIpc) is 2.81. The van der Waals surface area contributed by atoms with Crippen LogP contribution in [0.1, 0.15) is 53.9 Å². The molecule has 0 atom stereocenters. The molecule has 1 aromatic heterocycles. The lowest BCUT2D eigenvalue weighted by molar-refractivity contribution is -0.124. The molecule has 0 aliphatic heterocycles. The van der Waals surface area contributed by atoms with Crippen LogP contribution in [0.3, 0.4) is 0 Å². The van der Waals surface area contributed by atoms with Crippen LogP contribution >= 0.6 is 0 Å². The molecule has 0 spiro atoms. The molecule has 0 radical (unpaired) electrons. The van der Waals surface area contributed by atoms with Gasteiger partial charge in [0.05, 0.1) is 16.8 Å². The molecule has 0 saturated heterocycles. The van der Waals surface area contributed by atoms with E-state index in [1.165, 1.54) is 12.1 Å². The second-order valence-electron chi connectivity index (χ2n) is 8.68. The van der Waals surface area contributed by atoms with E-state index in [0.29, 0.717) is 35.3 Å². The number of benzene rings is 2. The van der Waals surface area contributed by atoms with Crippen LogP contribution in [-0.4, -0.2) is 30.0 Å². The second-order valence-corrected chi connectivity index (χ2v) is 8.68. The Morgan fingerprint density at radius 1 is 1.12 bits per heavy atom. The van der Waals surface area contributed by atoms with Crippen molar-refractivity contribution in [2.45, 2.75) is 33.1 Å². The summed E-state index contributed by atoms with van der Waals surface area (Å²) in [5.41, 5.74) is 4.63. The van der Waals surface area contributed by atoms with Gasteiger partial charge in [-0.3, -0.25) is 4.79 Å². The largest absolute Gasteiger partial charge is 0.452 e. The fourth-order valence-corrected chi connectivity index (χ4v) is 4.04. The van der Waals surface area contributed by atoms with Gasteiger partial charge in [0.1, 0.15) is 5.82 Å². The van der Waals surface area contributed by atoms with Crippen LogP contribution in [0.4, 0.5) is 4.39 Å². The van der Waals surface area contributed by atoms with Crippen molar-refractivity contribution >= 4 is 34.4 Å². The Hall–Kier alpha value is -3.54. The van der Waals surface area contributed by atoms with E-state index in [-0.39, 0.29) is 18.3 Å². The first-order valence-electron chi connectivity index (χ1n) is 11.2. The smallest absolute Gasteiger partial charge is 0.339 e. The molecule has 170 valence electrons. The summed E-state index contributed by atoms with van der Waals surface area (Å²) in [6, 6.07) is 13.8. The molecule has 0 fully saturated rings. The number of para-hydroxylation sites is 1. The second kappa shape index (κ2) is 9.94. The SMILES string of the molecule is CC(C)CNC(=O)COC(=O)c1c2c(nc3ccccc13)/C(=C\c1ccc(F)cc1)CCC2. The number of aromatic nitrogens is 1. The molecule has 1 aliphatic carbocycles. The van der Waals surface area contributed by atoms with Crippen molar-refractivity contribution in [3.63, 3.8) is 0 Å². The number of esters is 1. The quantitative estimate of drug-likeness (QED) is 0.530. The number of carbonyl (C=O) groups is 2. The van der Waals surface area contributed by atoms with Crippen LogP contribution in [0.15, 0.2) is 48.5 Å². The van der Waals surface area contributed by atoms with Crippen LogP contribution < -0.4 is 5.32 Å². The van der Waals surface area contributed by atoms with Gasteiger partial charge >= 0.3 is 5.97 Å². The lowest BCUT2D eigenvalue weighted by atomic mass is 9.86. The van der Waals surface area contributed by atoms with Crippen LogP contribution in [0.5, 0.6) is 0 Å². The minimum atomic E-state index is -0.521. The standard InChI is InChI=1S/C27H27FN2O3/c1-17(2)15-29-24(31)16-33-27(32)25-21-7-3-4-9-23(21)30-26-19(6-5-8-22(25)26)14-18-10-12-20(28)13-11-18/h3-4,7,9-14,17H,5-6,8,15-16H2,1-2H3,(H,29,31)/b19-14-. The topological polar surface area (TPSA) is 68.3 Å². The maximum atomic E-state index is 13.3. The fourth-order valence-electron chi connectivity index (χ4n) is 4.04. The van der Waals surface area contributed by atoms with E-state index in [1.807, 2.05) is 44.2 Å². The number of carbonyl (C=O) groups excluding carboxylic acids is 2. The van der Waals surface area contributed by atoms with Crippen molar-refractivity contribution in [1.82, 2.24) is 10.3 Å². The summed E-state index contributed by atoms with van der Waals surface area (Å²) in [7, 11) is 0. The third kappa shape index (κ3) is 5.28. The zero-order chi connectivity index (χ0) is 23.4. The van der Waals surface area contributed by atoms with Crippen LogP contribution in [-0.2, 0) is 16.0 Å². The molecule has 0 saturated carbocycles. The first-order valence-corrected chi connectivity index (χ1v) is 11.2. The van der Waals surface area contributed by atoms with Gasteiger partial charge < -0.3 is 10.1 Å². The number of amides is 1. The van der Waals surface area contributed by atoms with Crippen molar-refractivity contribution in [1.29, 1.82) is 0 Å². The normalized spacial score (nSPS) is 14.4. The zero-order valence-electron chi connectivity index (χ0n) is 18.9. The van der Waals surface area contributed by atoms with Gasteiger partial charge in [-0.05, 0) is 66.2 Å². The molecule has 2 aromatic carbocycles. The summed E-state index contributed by atoms with van der Waals surface area (Å²) in [5, 5.41) is 3.48. The zero-order valence-corrected chi connectivity index (χ0v) is 18.9. The molecule has 6 heteroatoms. The highest BCUT2D eigenvalue weighted by Crippen LogP contribution is 2.36. The molecular weight excluding hydrogens is 419 g/mol. The predicted molar refractivity (Wildman–Crippen MR) is 127 cm³/mol. The molecule has 1 aliphatic rings. The first-order chi connectivity index (χ1) is 15.9. The third-order valence-corrected chi connectivity index (χ3v) is 5.63. The highest BCUT2D eigenvalue weighted by Gasteiger charge is 2.26. The van der Waals surface area contributed by atoms with E-state index in [4.69, 9.17) is 9.72 Å². The van der Waals surface area contributed by atoms with Gasteiger partial charge in [-0.2, -0.15) is 0 Å². The Kier molecular flexibility index (Phi) is 6.82. The highest BCUT2D eigenvalue weighted by atomic mass is 19.1. The number of rotatable bonds is 6. The first kappa shape index (κ1) is 22.6. The summed E-state index contributed by atoms with van der Waals surface area (Å²) in [6.45, 7) is 4.20. The van der Waals surface area contributed by atoms with E-state index >= 15 is 0 Å². The van der Waals surface area contributed by atoms with Crippen LogP contribution in [0, 0.1) is 11.7 Å². The molecule has 4 rings (SSSR count). The van der Waals surface area contributed by atoms with Gasteiger partial charge in [0.25, 0.3) is 5.91 Å². The number of pyridine rings is 1. The molecule has 1 amide bonds. The number of hydrogen-bond donors (Lipinski definition) is 1. The van der Waals surface area contributed by atoms with Crippen LogP contribution in [0.25, 0.3) is 22.6 Å². The number of nitrogens with one attached hydrogen (secondary N) is 1. The van der Waals surface area contributed by atoms with E-state index in [2.05, 4.69) is 5.32 Å². The molecule has 1 heterocycles. The van der Waals surface area contributed by atoms with Gasteiger partial charge in [0.2, 0.25) is 0 Å². The molecule has 0 unspecified atom stereocenters. The van der Waals surface area contributed by atoms with Gasteiger partial charge in [0.15, 0.2) is 6.61 Å². The average molecular weight is 447 g/mol. The number of nitrogens with zero attached hydrogens (tertiary/aromatic N) is 1. The summed E-state index contributed by atoms with van der Waals surface area (Å²) < 4.78 is 18.7. The van der Waals surface area contributed by atoms with E-state index in [9.17, 15) is 14.0 Å². The molecule has 1 N–H and O–H groups in total. The summed E-state index contributed by atoms with van der Waals surface area (Å²) in [6.07, 6.45) is 4.35. The van der Waals surface area contributed by atoms with Crippen molar-refractivity contribution in [2.75, 3.05) is 13.2 Å². The Morgan fingerprint density at radius 3 is 2.64 bits per heavy atom. The minimum absolute atomic E-state index is 0.284. The summed E-state index contributed by atoms with van der Waals surface area (Å²) in [4.78, 5) is 30.1. The molecule has 5 nitrogen and oxygen atoms in total. The number of hydrogen-bond acceptors (Lipinski definition) is 4. The number of allylic oxidation sites excluding steroid dienone is 1. The van der Waals surface area contributed by atoms with Gasteiger partial charge in [-0.1, -0.05) is 44.2 Å². The van der Waals surface area contributed by atoms with Gasteiger partial charge in [0, 0.05) is 11.9 Å². The van der Waals surface area contributed by atoms with E-state index < -0.39 is 5.97 Å². The molecule has 0 bridgehead atoms. The Bertz CT molecular complexity index is 1220. The summed E-state index contributed by atoms with van der Waals surface area (Å²) >= 11 is 0. The Balaban J connectivity index is 1.70. The van der Waals surface area contributed by atoms with Crippen molar-refractivity contribution in [2.24, 2.45) is 5.92 Å². The van der Waals surface area contributed by atoms with E-state index in [0.717, 1.165) is 35.2 Å².